The molecule has 19 heavy (non-hydrogen) atoms. The second-order valence-corrected chi connectivity index (χ2v) is 7.15. The van der Waals surface area contributed by atoms with Gasteiger partial charge in [0.1, 0.15) is 11.6 Å². The first-order chi connectivity index (χ1) is 8.88. The molecule has 1 heterocycles. The summed E-state index contributed by atoms with van der Waals surface area (Å²) in [4.78, 5) is 4.42. The summed E-state index contributed by atoms with van der Waals surface area (Å²) in [6.45, 7) is 4.98. The smallest absolute Gasteiger partial charge is 0.144 e. The van der Waals surface area contributed by atoms with Gasteiger partial charge < -0.3 is 4.57 Å². The minimum absolute atomic E-state index is 0.0184. The van der Waals surface area contributed by atoms with Crippen LogP contribution >= 0.6 is 35.0 Å². The molecule has 0 radical (unpaired) electrons. The Morgan fingerprint density at radius 2 is 2.11 bits per heavy atom. The van der Waals surface area contributed by atoms with E-state index >= 15 is 0 Å². The molecule has 6 heteroatoms. The SMILES string of the molecule is CSC(C)(C)Cn1c(CCl)nc2cc(Cl)c(F)cc21. The standard InChI is InChI=1S/C13H15Cl2FN2S/c1-13(2,19-3)7-18-11-5-9(16)8(15)4-10(11)17-12(18)6-14/h4-5H,6-7H2,1-3H3. The number of rotatable bonds is 4. The zero-order valence-corrected chi connectivity index (χ0v) is 13.3. The summed E-state index contributed by atoms with van der Waals surface area (Å²) in [6.07, 6.45) is 2.05. The number of aromatic nitrogens is 2. The molecular formula is C13H15Cl2FN2S. The Morgan fingerprint density at radius 1 is 1.42 bits per heavy atom. The molecule has 0 unspecified atom stereocenters. The van der Waals surface area contributed by atoms with Gasteiger partial charge in [0, 0.05) is 17.4 Å². The lowest BCUT2D eigenvalue weighted by Crippen LogP contribution is -2.23. The van der Waals surface area contributed by atoms with Crippen molar-refractivity contribution in [3.05, 3.63) is 28.8 Å². The normalized spacial score (nSPS) is 12.3. The van der Waals surface area contributed by atoms with E-state index in [1.54, 1.807) is 17.8 Å². The molecule has 0 spiro atoms. The largest absolute Gasteiger partial charge is 0.326 e. The van der Waals surface area contributed by atoms with Crippen molar-refractivity contribution in [2.75, 3.05) is 6.26 Å². The number of alkyl halides is 1. The Balaban J connectivity index is 2.60. The van der Waals surface area contributed by atoms with Gasteiger partial charge in [-0.15, -0.1) is 11.6 Å². The van der Waals surface area contributed by atoms with E-state index in [9.17, 15) is 4.39 Å². The topological polar surface area (TPSA) is 17.8 Å². The maximum Gasteiger partial charge on any atom is 0.144 e. The van der Waals surface area contributed by atoms with Crippen molar-refractivity contribution in [2.24, 2.45) is 0 Å². The third-order valence-electron chi connectivity index (χ3n) is 3.08. The number of benzene rings is 1. The van der Waals surface area contributed by atoms with Crippen LogP contribution in [0.25, 0.3) is 11.0 Å². The van der Waals surface area contributed by atoms with Gasteiger partial charge in [0.2, 0.25) is 0 Å². The van der Waals surface area contributed by atoms with Crippen LogP contribution in [0, 0.1) is 5.82 Å². The van der Waals surface area contributed by atoms with Crippen molar-refractivity contribution >= 4 is 46.0 Å². The Kier molecular flexibility index (Phi) is 4.33. The summed E-state index contributed by atoms with van der Waals surface area (Å²) in [5.74, 6) is 0.595. The molecule has 2 nitrogen and oxygen atoms in total. The summed E-state index contributed by atoms with van der Waals surface area (Å²) in [5.41, 5.74) is 1.42. The van der Waals surface area contributed by atoms with Gasteiger partial charge in [-0.25, -0.2) is 9.37 Å². The van der Waals surface area contributed by atoms with E-state index in [0.29, 0.717) is 17.9 Å². The molecule has 0 saturated carbocycles. The lowest BCUT2D eigenvalue weighted by molar-refractivity contribution is 0.565. The summed E-state index contributed by atoms with van der Waals surface area (Å²) in [7, 11) is 0. The van der Waals surface area contributed by atoms with Crippen LogP contribution in [0.5, 0.6) is 0 Å². The van der Waals surface area contributed by atoms with Crippen molar-refractivity contribution in [1.29, 1.82) is 0 Å². The number of thioether (sulfide) groups is 1. The number of halogens is 3. The minimum atomic E-state index is -0.432. The molecule has 2 aromatic rings. The second kappa shape index (κ2) is 5.51. The highest BCUT2D eigenvalue weighted by Crippen LogP contribution is 2.29. The third kappa shape index (κ3) is 3.01. The number of imidazole rings is 1. The quantitative estimate of drug-likeness (QED) is 0.759. The van der Waals surface area contributed by atoms with Gasteiger partial charge in [0.25, 0.3) is 0 Å². The van der Waals surface area contributed by atoms with Crippen LogP contribution in [-0.4, -0.2) is 20.6 Å². The van der Waals surface area contributed by atoms with Gasteiger partial charge in [-0.05, 0) is 26.2 Å². The lowest BCUT2D eigenvalue weighted by Gasteiger charge is -2.24. The molecule has 0 atom stereocenters. The third-order valence-corrected chi connectivity index (χ3v) is 4.84. The molecule has 0 aliphatic heterocycles. The molecular weight excluding hydrogens is 306 g/mol. The Hall–Kier alpha value is -0.450. The van der Waals surface area contributed by atoms with E-state index in [2.05, 4.69) is 25.1 Å². The molecule has 0 fully saturated rings. The predicted molar refractivity (Wildman–Crippen MR) is 81.9 cm³/mol. The number of hydrogen-bond acceptors (Lipinski definition) is 2. The summed E-state index contributed by atoms with van der Waals surface area (Å²) in [5, 5.41) is 0.0856. The fourth-order valence-corrected chi connectivity index (χ4v) is 2.51. The van der Waals surface area contributed by atoms with Crippen LogP contribution in [-0.2, 0) is 12.4 Å². The van der Waals surface area contributed by atoms with E-state index in [-0.39, 0.29) is 9.77 Å². The average molecular weight is 321 g/mol. The number of fused-ring (bicyclic) bond motifs is 1. The van der Waals surface area contributed by atoms with Crippen molar-refractivity contribution in [1.82, 2.24) is 9.55 Å². The molecule has 0 N–H and O–H groups in total. The van der Waals surface area contributed by atoms with Gasteiger partial charge in [0.15, 0.2) is 0 Å². The number of hydrogen-bond donors (Lipinski definition) is 0. The van der Waals surface area contributed by atoms with Crippen molar-refractivity contribution in [2.45, 2.75) is 31.0 Å². The van der Waals surface area contributed by atoms with Gasteiger partial charge in [-0.2, -0.15) is 11.8 Å². The Labute approximate surface area is 126 Å². The van der Waals surface area contributed by atoms with Crippen LogP contribution in [0.15, 0.2) is 12.1 Å². The molecule has 0 saturated heterocycles. The molecule has 0 bridgehead atoms. The Morgan fingerprint density at radius 3 is 2.68 bits per heavy atom. The Bertz CT molecular complexity index is 610. The molecule has 1 aromatic heterocycles. The van der Waals surface area contributed by atoms with E-state index < -0.39 is 5.82 Å². The van der Waals surface area contributed by atoms with Gasteiger partial charge >= 0.3 is 0 Å². The second-order valence-electron chi connectivity index (χ2n) is 4.97. The van der Waals surface area contributed by atoms with Gasteiger partial charge in [-0.1, -0.05) is 11.6 Å². The first-order valence-corrected chi connectivity index (χ1v) is 7.97. The monoisotopic (exact) mass is 320 g/mol. The zero-order chi connectivity index (χ0) is 14.2. The molecule has 104 valence electrons. The van der Waals surface area contributed by atoms with Crippen LogP contribution in [0.3, 0.4) is 0 Å². The minimum Gasteiger partial charge on any atom is -0.326 e. The highest BCUT2D eigenvalue weighted by atomic mass is 35.5. The highest BCUT2D eigenvalue weighted by molar-refractivity contribution is 7.99. The van der Waals surface area contributed by atoms with E-state index in [1.807, 2.05) is 4.57 Å². The highest BCUT2D eigenvalue weighted by Gasteiger charge is 2.21. The first kappa shape index (κ1) is 14.9. The van der Waals surface area contributed by atoms with Gasteiger partial charge in [-0.3, -0.25) is 0 Å². The van der Waals surface area contributed by atoms with Gasteiger partial charge in [0.05, 0.1) is 21.9 Å². The fraction of sp³-hybridized carbons (Fsp3) is 0.462. The van der Waals surface area contributed by atoms with Crippen molar-refractivity contribution < 1.29 is 4.39 Å². The van der Waals surface area contributed by atoms with Crippen LogP contribution in [0.2, 0.25) is 5.02 Å². The average Bonchev–Trinajstić information content (AvgIpc) is 2.67. The summed E-state index contributed by atoms with van der Waals surface area (Å²) >= 11 is 13.5. The molecule has 0 amide bonds. The van der Waals surface area contributed by atoms with E-state index in [4.69, 9.17) is 23.2 Å². The lowest BCUT2D eigenvalue weighted by atomic mass is 10.2. The summed E-state index contributed by atoms with van der Waals surface area (Å²) in [6, 6.07) is 2.97. The molecule has 1 aromatic carbocycles. The van der Waals surface area contributed by atoms with E-state index in [1.165, 1.54) is 6.07 Å². The van der Waals surface area contributed by atoms with Crippen LogP contribution in [0.1, 0.15) is 19.7 Å². The summed E-state index contributed by atoms with van der Waals surface area (Å²) < 4.78 is 15.6. The molecule has 2 rings (SSSR count). The maximum atomic E-state index is 13.6. The molecule has 0 aliphatic rings. The maximum absolute atomic E-state index is 13.6. The first-order valence-electron chi connectivity index (χ1n) is 5.83. The van der Waals surface area contributed by atoms with Crippen LogP contribution < -0.4 is 0 Å². The van der Waals surface area contributed by atoms with Crippen molar-refractivity contribution in [3.8, 4) is 0 Å². The van der Waals surface area contributed by atoms with E-state index in [0.717, 1.165) is 11.3 Å². The fourth-order valence-electron chi connectivity index (χ4n) is 1.89. The van der Waals surface area contributed by atoms with Crippen molar-refractivity contribution in [3.63, 3.8) is 0 Å². The predicted octanol–water partition coefficient (Wildman–Crippen LogP) is 4.71. The number of nitrogens with zero attached hydrogens (tertiary/aromatic N) is 2. The zero-order valence-electron chi connectivity index (χ0n) is 11.0. The molecule has 0 aliphatic carbocycles. The van der Waals surface area contributed by atoms with Crippen LogP contribution in [0.4, 0.5) is 4.39 Å².